The minimum atomic E-state index is -3.27. The largest absolute Gasteiger partial charge is 0.618 e. The van der Waals surface area contributed by atoms with Crippen molar-refractivity contribution in [3.05, 3.63) is 41.5 Å². The fourth-order valence-corrected chi connectivity index (χ4v) is 4.04. The van der Waals surface area contributed by atoms with Crippen molar-refractivity contribution in [2.24, 2.45) is 0 Å². The molecule has 0 aliphatic carbocycles. The van der Waals surface area contributed by atoms with Crippen LogP contribution >= 0.6 is 0 Å². The quantitative estimate of drug-likeness (QED) is 0.491. The first-order valence-corrected chi connectivity index (χ1v) is 9.25. The first-order chi connectivity index (χ1) is 10.9. The molecule has 7 nitrogen and oxygen atoms in total. The van der Waals surface area contributed by atoms with E-state index in [1.165, 1.54) is 16.8 Å². The van der Waals surface area contributed by atoms with Gasteiger partial charge in [0.05, 0.1) is 23.7 Å². The van der Waals surface area contributed by atoms with Crippen molar-refractivity contribution in [2.45, 2.75) is 19.5 Å². The number of nitrogens with zero attached hydrogens (tertiary/aromatic N) is 4. The molecule has 0 N–H and O–H groups in total. The molecule has 0 bridgehead atoms. The van der Waals surface area contributed by atoms with Gasteiger partial charge in [-0.05, 0) is 12.5 Å². The van der Waals surface area contributed by atoms with E-state index >= 15 is 0 Å². The third kappa shape index (κ3) is 2.25. The fourth-order valence-electron chi connectivity index (χ4n) is 3.23. The summed E-state index contributed by atoms with van der Waals surface area (Å²) in [7, 11) is -3.27. The van der Waals surface area contributed by atoms with Gasteiger partial charge in [0, 0.05) is 19.2 Å². The Morgan fingerprint density at radius 2 is 2.04 bits per heavy atom. The molecule has 0 amide bonds. The SMILES string of the molecule is CS(=O)(=O)N1CCCn2c(nc3c[n+]([O-])c4ccccc4c32)C1. The lowest BCUT2D eigenvalue weighted by atomic mass is 10.2. The lowest BCUT2D eigenvalue weighted by Crippen LogP contribution is -2.29. The lowest BCUT2D eigenvalue weighted by molar-refractivity contribution is -0.575. The number of rotatable bonds is 1. The first-order valence-electron chi connectivity index (χ1n) is 7.40. The van der Waals surface area contributed by atoms with Gasteiger partial charge in [0.2, 0.25) is 21.7 Å². The van der Waals surface area contributed by atoms with Gasteiger partial charge in [-0.25, -0.2) is 13.4 Å². The van der Waals surface area contributed by atoms with Gasteiger partial charge in [-0.1, -0.05) is 12.1 Å². The van der Waals surface area contributed by atoms with Crippen molar-refractivity contribution >= 4 is 32.0 Å². The Hall–Kier alpha value is -2.19. The molecule has 0 radical (unpaired) electrons. The summed E-state index contributed by atoms with van der Waals surface area (Å²) in [6.07, 6.45) is 3.39. The molecule has 120 valence electrons. The average Bonchev–Trinajstić information content (AvgIpc) is 2.69. The molecule has 0 fully saturated rings. The van der Waals surface area contributed by atoms with Gasteiger partial charge in [0.15, 0.2) is 5.52 Å². The summed E-state index contributed by atoms with van der Waals surface area (Å²) >= 11 is 0. The van der Waals surface area contributed by atoms with Gasteiger partial charge < -0.3 is 9.77 Å². The number of pyridine rings is 1. The summed E-state index contributed by atoms with van der Waals surface area (Å²) in [5.74, 6) is 0.680. The third-order valence-corrected chi connectivity index (χ3v) is 5.54. The molecule has 23 heavy (non-hydrogen) atoms. The summed E-state index contributed by atoms with van der Waals surface area (Å²) in [6.45, 7) is 1.40. The average molecular weight is 332 g/mol. The highest BCUT2D eigenvalue weighted by Gasteiger charge is 2.25. The van der Waals surface area contributed by atoms with Crippen LogP contribution in [0.15, 0.2) is 30.5 Å². The molecule has 8 heteroatoms. The molecule has 0 atom stereocenters. The predicted octanol–water partition coefficient (Wildman–Crippen LogP) is 0.988. The number of hydrogen-bond acceptors (Lipinski definition) is 4. The van der Waals surface area contributed by atoms with Gasteiger partial charge >= 0.3 is 0 Å². The van der Waals surface area contributed by atoms with Crippen LogP contribution in [0, 0.1) is 5.21 Å². The van der Waals surface area contributed by atoms with E-state index < -0.39 is 10.0 Å². The Morgan fingerprint density at radius 1 is 1.26 bits per heavy atom. The van der Waals surface area contributed by atoms with Crippen LogP contribution in [0.25, 0.3) is 21.9 Å². The number of fused-ring (bicyclic) bond motifs is 5. The zero-order chi connectivity index (χ0) is 16.2. The van der Waals surface area contributed by atoms with E-state index in [1.807, 2.05) is 22.8 Å². The Labute approximate surface area is 133 Å². The molecule has 0 unspecified atom stereocenters. The molecule has 0 saturated carbocycles. The Bertz CT molecular complexity index is 1030. The number of para-hydroxylation sites is 1. The van der Waals surface area contributed by atoms with Crippen molar-refractivity contribution in [1.82, 2.24) is 13.9 Å². The molecule has 2 aromatic heterocycles. The van der Waals surface area contributed by atoms with Crippen molar-refractivity contribution in [3.8, 4) is 0 Å². The minimum Gasteiger partial charge on any atom is -0.618 e. The maximum absolute atomic E-state index is 12.2. The first kappa shape index (κ1) is 14.4. The number of aromatic nitrogens is 3. The molecule has 3 aromatic rings. The van der Waals surface area contributed by atoms with Crippen LogP contribution in [0.4, 0.5) is 0 Å². The summed E-state index contributed by atoms with van der Waals surface area (Å²) < 4.78 is 28.0. The molecule has 4 rings (SSSR count). The van der Waals surface area contributed by atoms with Crippen LogP contribution in [0.3, 0.4) is 0 Å². The molecule has 3 heterocycles. The highest BCUT2D eigenvalue weighted by atomic mass is 32.2. The molecule has 1 aliphatic rings. The van der Waals surface area contributed by atoms with E-state index in [-0.39, 0.29) is 6.54 Å². The Morgan fingerprint density at radius 3 is 2.83 bits per heavy atom. The van der Waals surface area contributed by atoms with Gasteiger partial charge in [-0.15, -0.1) is 0 Å². The highest BCUT2D eigenvalue weighted by molar-refractivity contribution is 7.88. The van der Waals surface area contributed by atoms with Gasteiger partial charge in [0.1, 0.15) is 5.82 Å². The second-order valence-electron chi connectivity index (χ2n) is 5.84. The third-order valence-electron chi connectivity index (χ3n) is 4.29. The fraction of sp³-hybridized carbons (Fsp3) is 0.333. The number of benzene rings is 1. The molecular weight excluding hydrogens is 316 g/mol. The minimum absolute atomic E-state index is 0.237. The van der Waals surface area contributed by atoms with Gasteiger partial charge in [-0.3, -0.25) is 0 Å². The van der Waals surface area contributed by atoms with Gasteiger partial charge in [0.25, 0.3) is 0 Å². The van der Waals surface area contributed by atoms with Crippen molar-refractivity contribution in [2.75, 3.05) is 12.8 Å². The maximum Gasteiger partial charge on any atom is 0.226 e. The van der Waals surface area contributed by atoms with E-state index in [4.69, 9.17) is 0 Å². The van der Waals surface area contributed by atoms with Crippen LogP contribution in [-0.4, -0.2) is 35.1 Å². The monoisotopic (exact) mass is 332 g/mol. The summed E-state index contributed by atoms with van der Waals surface area (Å²) in [5, 5.41) is 13.0. The molecule has 0 saturated heterocycles. The van der Waals surface area contributed by atoms with Crippen LogP contribution in [-0.2, 0) is 23.1 Å². The van der Waals surface area contributed by atoms with Crippen molar-refractivity contribution in [3.63, 3.8) is 0 Å². The van der Waals surface area contributed by atoms with E-state index in [0.29, 0.717) is 36.4 Å². The van der Waals surface area contributed by atoms with Crippen molar-refractivity contribution < 1.29 is 13.1 Å². The summed E-state index contributed by atoms with van der Waals surface area (Å²) in [5.41, 5.74) is 2.09. The number of sulfonamides is 1. The summed E-state index contributed by atoms with van der Waals surface area (Å²) in [6, 6.07) is 7.40. The second-order valence-corrected chi connectivity index (χ2v) is 7.82. The zero-order valence-corrected chi connectivity index (χ0v) is 13.5. The van der Waals surface area contributed by atoms with Crippen LogP contribution in [0.2, 0.25) is 0 Å². The van der Waals surface area contributed by atoms with E-state index in [9.17, 15) is 13.6 Å². The van der Waals surface area contributed by atoms with Crippen LogP contribution < -0.4 is 4.73 Å². The number of aryl methyl sites for hydroxylation is 1. The van der Waals surface area contributed by atoms with Crippen molar-refractivity contribution in [1.29, 1.82) is 0 Å². The van der Waals surface area contributed by atoms with Crippen LogP contribution in [0.1, 0.15) is 12.2 Å². The van der Waals surface area contributed by atoms with E-state index in [0.717, 1.165) is 15.6 Å². The summed E-state index contributed by atoms with van der Waals surface area (Å²) in [4.78, 5) is 4.52. The van der Waals surface area contributed by atoms with E-state index in [2.05, 4.69) is 4.98 Å². The normalized spacial score (nSPS) is 16.6. The van der Waals surface area contributed by atoms with Gasteiger partial charge in [-0.2, -0.15) is 9.04 Å². The smallest absolute Gasteiger partial charge is 0.226 e. The number of imidazole rings is 1. The topological polar surface area (TPSA) is 82.1 Å². The zero-order valence-electron chi connectivity index (χ0n) is 12.6. The standard InChI is InChI=1S/C15H16N4O3S/c1-23(21,22)17-7-4-8-18-14(10-17)16-12-9-19(20)13-6-3-2-5-11(13)15(12)18/h2-3,5-6,9H,4,7-8,10H2,1H3. The maximum atomic E-state index is 12.2. The number of hydrogen-bond donors (Lipinski definition) is 0. The molecule has 1 aliphatic heterocycles. The van der Waals surface area contributed by atoms with E-state index in [1.54, 1.807) is 6.07 Å². The molecule has 0 spiro atoms. The molecule has 1 aromatic carbocycles. The lowest BCUT2D eigenvalue weighted by Gasteiger charge is -2.15. The second kappa shape index (κ2) is 4.90. The predicted molar refractivity (Wildman–Crippen MR) is 86.1 cm³/mol. The Balaban J connectivity index is 2.00. The Kier molecular flexibility index (Phi) is 3.07. The molecular formula is C15H16N4O3S. The highest BCUT2D eigenvalue weighted by Crippen LogP contribution is 2.26. The van der Waals surface area contributed by atoms with Crippen LogP contribution in [0.5, 0.6) is 0 Å².